The smallest absolute Gasteiger partial charge is 0.310 e. The molecule has 0 aliphatic carbocycles. The molecule has 11 aromatic rings. The first-order valence-corrected chi connectivity index (χ1v) is 26.6. The van der Waals surface area contributed by atoms with E-state index in [1.54, 1.807) is 42.5 Å². The minimum atomic E-state index is -1.37. The summed E-state index contributed by atoms with van der Waals surface area (Å²) in [5, 5.41) is 4.53. The lowest BCUT2D eigenvalue weighted by Crippen LogP contribution is -2.11. The van der Waals surface area contributed by atoms with Crippen molar-refractivity contribution in [1.82, 2.24) is 0 Å². The lowest BCUT2D eigenvalue weighted by atomic mass is 10.0. The maximum absolute atomic E-state index is 13.6. The van der Waals surface area contributed by atoms with Gasteiger partial charge in [-0.25, -0.2) is 8.78 Å². The molecule has 11 aromatic carbocycles. The van der Waals surface area contributed by atoms with Crippen molar-refractivity contribution in [1.29, 1.82) is 0 Å². The molecule has 0 amide bonds. The van der Waals surface area contributed by atoms with Crippen molar-refractivity contribution in [2.24, 2.45) is 0 Å². The number of benzene rings is 11. The maximum atomic E-state index is 13.6. The van der Waals surface area contributed by atoms with Crippen LogP contribution in [0.15, 0.2) is 279 Å². The summed E-state index contributed by atoms with van der Waals surface area (Å²) in [6.45, 7) is 0.176. The van der Waals surface area contributed by atoms with E-state index in [4.69, 9.17) is 23.7 Å². The Balaban J connectivity index is 0.797. The van der Waals surface area contributed by atoms with Crippen LogP contribution >= 0.6 is 0 Å². The summed E-state index contributed by atoms with van der Waals surface area (Å²) in [6.07, 6.45) is -0.660. The number of hydrogen-bond donors (Lipinski definition) is 0. The van der Waals surface area contributed by atoms with Crippen LogP contribution in [0.25, 0.3) is 32.7 Å². The zero-order valence-corrected chi connectivity index (χ0v) is 44.6. The van der Waals surface area contributed by atoms with Gasteiger partial charge in [-0.1, -0.05) is 152 Å². The maximum Gasteiger partial charge on any atom is 0.310 e. The fourth-order valence-corrected chi connectivity index (χ4v) is 9.78. The Morgan fingerprint density at radius 1 is 0.373 bits per heavy atom. The van der Waals surface area contributed by atoms with E-state index in [9.17, 15) is 22.4 Å². The van der Waals surface area contributed by atoms with Gasteiger partial charge in [0.2, 0.25) is 0 Å². The number of halogens is 4. The zero-order valence-electron chi connectivity index (χ0n) is 44.6. The summed E-state index contributed by atoms with van der Waals surface area (Å²) in [6, 6.07) is 79.9. The normalized spacial score (nSPS) is 11.5. The van der Waals surface area contributed by atoms with Crippen LogP contribution in [0.1, 0.15) is 22.3 Å². The summed E-state index contributed by atoms with van der Waals surface area (Å²) in [7, 11) is 0. The minimum Gasteiger partial charge on any atom is -0.489 e. The van der Waals surface area contributed by atoms with Crippen LogP contribution in [0.3, 0.4) is 0 Å². The van der Waals surface area contributed by atoms with Gasteiger partial charge in [-0.2, -0.15) is 8.78 Å². The summed E-state index contributed by atoms with van der Waals surface area (Å²) >= 11 is 0. The van der Waals surface area contributed by atoms with Crippen LogP contribution in [-0.2, 0) is 35.8 Å². The van der Waals surface area contributed by atoms with E-state index in [1.165, 1.54) is 35.0 Å². The molecule has 0 radical (unpaired) electrons. The van der Waals surface area contributed by atoms with Gasteiger partial charge in [0.05, 0.1) is 17.8 Å². The molecule has 0 aromatic heterocycles. The first-order valence-electron chi connectivity index (χ1n) is 26.6. The second-order valence-corrected chi connectivity index (χ2v) is 19.3. The Morgan fingerprint density at radius 2 is 0.759 bits per heavy atom. The average Bonchev–Trinajstić information content (AvgIpc) is 3.73. The van der Waals surface area contributed by atoms with Crippen LogP contribution in [0.2, 0.25) is 0 Å². The molecule has 0 aliphatic rings. The quantitative estimate of drug-likeness (QED) is 0.0400. The van der Waals surface area contributed by atoms with Crippen LogP contribution in [-0.4, -0.2) is 5.97 Å². The highest BCUT2D eigenvalue weighted by atomic mass is 19.2. The van der Waals surface area contributed by atoms with Gasteiger partial charge in [0.15, 0.2) is 12.7 Å². The lowest BCUT2D eigenvalue weighted by Gasteiger charge is -2.27. The lowest BCUT2D eigenvalue weighted by molar-refractivity contribution is -0.144. The number of nitrogens with zero attached hydrogens (tertiary/aromatic N) is 2. The number of ether oxygens (including phenoxy) is 5. The Kier molecular flexibility index (Phi) is 16.8. The molecule has 0 unspecified atom stereocenters. The van der Waals surface area contributed by atoms with Crippen LogP contribution < -0.4 is 28.7 Å². The van der Waals surface area contributed by atoms with E-state index in [2.05, 4.69) is 155 Å². The van der Waals surface area contributed by atoms with Gasteiger partial charge in [-0.3, -0.25) is 4.79 Å². The number of anilines is 6. The van der Waals surface area contributed by atoms with Gasteiger partial charge in [-0.15, -0.1) is 0 Å². The number of carbonyl (C=O) groups is 1. The second kappa shape index (κ2) is 25.7. The van der Waals surface area contributed by atoms with Crippen LogP contribution in [0.5, 0.6) is 23.0 Å². The number of rotatable bonds is 21. The molecule has 0 aliphatic heterocycles. The fraction of sp³-hybridized carbons (Fsp3) is 0.0563. The molecular weight excluding hydrogens is 1050 g/mol. The highest BCUT2D eigenvalue weighted by Crippen LogP contribution is 2.42. The first kappa shape index (κ1) is 54.4. The molecule has 0 saturated carbocycles. The zero-order chi connectivity index (χ0) is 56.9. The molecule has 0 saturated heterocycles. The van der Waals surface area contributed by atoms with Gasteiger partial charge in [0.25, 0.3) is 0 Å². The van der Waals surface area contributed by atoms with Crippen molar-refractivity contribution in [3.05, 3.63) is 302 Å². The van der Waals surface area contributed by atoms with E-state index in [0.717, 1.165) is 61.6 Å². The predicted molar refractivity (Wildman–Crippen MR) is 320 cm³/mol. The van der Waals surface area contributed by atoms with Crippen LogP contribution in [0.4, 0.5) is 51.7 Å². The highest BCUT2D eigenvalue weighted by Gasteiger charge is 2.19. The molecule has 83 heavy (non-hydrogen) atoms. The Hall–Kier alpha value is -10.6. The van der Waals surface area contributed by atoms with Crippen LogP contribution in [0, 0.1) is 0 Å². The van der Waals surface area contributed by atoms with Gasteiger partial charge < -0.3 is 33.5 Å². The number of esters is 1. The molecule has 0 bridgehead atoms. The minimum absolute atomic E-state index is 0.0148. The molecule has 0 spiro atoms. The van der Waals surface area contributed by atoms with Crippen molar-refractivity contribution < 1.29 is 46.0 Å². The molecule has 410 valence electrons. The number of hydrogen-bond acceptors (Lipinski definition) is 8. The average molecular weight is 1110 g/mol. The van der Waals surface area contributed by atoms with Crippen molar-refractivity contribution in [2.45, 2.75) is 26.2 Å². The summed E-state index contributed by atoms with van der Waals surface area (Å²) in [5.74, 6) is 0.479. The number of para-hydroxylation sites is 1. The Bertz CT molecular complexity index is 3970. The SMILES string of the molecule is O=C(Cc1cc(OCc2ccc(O/C(F)=C\F)cc2)cc(OCc2ccc(O/C(F)=C\F)cc2)c1)OCc1ccc(N(c2ccc(-c3ccc(N(c4ccccc4)c4cccc5ccccc45)cc3)cc2)c2cccc3ccccc23)cc1. The Labute approximate surface area is 477 Å². The van der Waals surface area contributed by atoms with Gasteiger partial charge in [0.1, 0.15) is 42.8 Å². The van der Waals surface area contributed by atoms with E-state index >= 15 is 0 Å². The molecule has 0 heterocycles. The Morgan fingerprint density at radius 3 is 1.22 bits per heavy atom. The van der Waals surface area contributed by atoms with Crippen molar-refractivity contribution in [3.8, 4) is 34.1 Å². The topological polar surface area (TPSA) is 69.7 Å². The first-order chi connectivity index (χ1) is 40.7. The summed E-state index contributed by atoms with van der Waals surface area (Å²) in [5.41, 5.74) is 11.0. The molecule has 12 heteroatoms. The number of fused-ring (bicyclic) bond motifs is 2. The van der Waals surface area contributed by atoms with Crippen molar-refractivity contribution in [2.75, 3.05) is 9.80 Å². The predicted octanol–water partition coefficient (Wildman–Crippen LogP) is 19.3. The van der Waals surface area contributed by atoms with E-state index in [0.29, 0.717) is 28.2 Å². The second-order valence-electron chi connectivity index (χ2n) is 19.3. The third kappa shape index (κ3) is 13.4. The van der Waals surface area contributed by atoms with Gasteiger partial charge in [-0.05, 0) is 141 Å². The summed E-state index contributed by atoms with van der Waals surface area (Å²) < 4.78 is 79.3. The standard InChI is InChI=1S/C71H52F4N2O6/c72-44-69(74)82-61-36-22-50(23-37-61)46-79-63-40-52(41-64(43-63)80-47-51-24-38-62(39-25-51)83-70(75)45-73)42-71(78)81-48-49-20-30-58(31-21-49)77(68-19-9-13-56-11-5-7-17-66(56)68)60-34-28-54(29-35-60)53-26-32-59(33-27-53)76(57-14-2-1-3-15-57)67-18-8-12-55-10-4-6-16-65(55)67/h1-41,43-45H,42,46-48H2/b69-44-,70-45-. The third-order valence-corrected chi connectivity index (χ3v) is 13.8. The number of carbonyl (C=O) groups excluding carboxylic acids is 1. The van der Waals surface area contributed by atoms with E-state index in [1.807, 2.05) is 42.5 Å². The molecule has 0 fully saturated rings. The summed E-state index contributed by atoms with van der Waals surface area (Å²) in [4.78, 5) is 18.1. The fourth-order valence-electron chi connectivity index (χ4n) is 9.78. The molecule has 0 atom stereocenters. The third-order valence-electron chi connectivity index (χ3n) is 13.8. The molecular formula is C71H52F4N2O6. The largest absolute Gasteiger partial charge is 0.489 e. The molecule has 8 nitrogen and oxygen atoms in total. The van der Waals surface area contributed by atoms with Crippen molar-refractivity contribution >= 4 is 61.6 Å². The van der Waals surface area contributed by atoms with Gasteiger partial charge in [0, 0.05) is 39.6 Å². The molecule has 0 N–H and O–H groups in total. The monoisotopic (exact) mass is 1100 g/mol. The van der Waals surface area contributed by atoms with Gasteiger partial charge >= 0.3 is 18.0 Å². The molecule has 11 rings (SSSR count). The van der Waals surface area contributed by atoms with E-state index < -0.39 is 18.0 Å². The van der Waals surface area contributed by atoms with E-state index in [-0.39, 0.29) is 50.4 Å². The highest BCUT2D eigenvalue weighted by molar-refractivity contribution is 6.00. The van der Waals surface area contributed by atoms with Crippen molar-refractivity contribution in [3.63, 3.8) is 0 Å².